The van der Waals surface area contributed by atoms with E-state index in [1.54, 1.807) is 10.9 Å². The topological polar surface area (TPSA) is 88.8 Å². The highest BCUT2D eigenvalue weighted by molar-refractivity contribution is 5.92. The molecule has 4 rings (SSSR count). The first-order chi connectivity index (χ1) is 14.0. The fraction of sp³-hybridized carbons (Fsp3) is 0.381. The molecule has 3 aromatic heterocycles. The van der Waals surface area contributed by atoms with Crippen LogP contribution in [-0.2, 0) is 4.79 Å². The second-order valence-corrected chi connectivity index (χ2v) is 7.51. The van der Waals surface area contributed by atoms with E-state index in [-0.39, 0.29) is 11.8 Å². The number of carbonyl (C=O) groups excluding carboxylic acids is 1. The Morgan fingerprint density at radius 2 is 1.79 bits per heavy atom. The van der Waals surface area contributed by atoms with Crippen molar-refractivity contribution in [1.82, 2.24) is 25.0 Å². The lowest BCUT2D eigenvalue weighted by atomic mass is 9.96. The first-order valence-electron chi connectivity index (χ1n) is 9.86. The lowest BCUT2D eigenvalue weighted by Gasteiger charge is -2.31. The maximum atomic E-state index is 12.6. The van der Waals surface area contributed by atoms with E-state index in [1.165, 1.54) is 0 Å². The molecule has 1 fully saturated rings. The molecule has 0 atom stereocenters. The molecule has 0 saturated carbocycles. The molecule has 150 valence electrons. The van der Waals surface area contributed by atoms with Gasteiger partial charge in [0.25, 0.3) is 0 Å². The van der Waals surface area contributed by atoms with Crippen LogP contribution in [0.4, 0.5) is 11.6 Å². The summed E-state index contributed by atoms with van der Waals surface area (Å²) in [7, 11) is 0. The number of nitrogens with one attached hydrogen (secondary N) is 1. The third kappa shape index (κ3) is 4.11. The van der Waals surface area contributed by atoms with Gasteiger partial charge in [0.05, 0.1) is 5.69 Å². The highest BCUT2D eigenvalue weighted by atomic mass is 16.2. The summed E-state index contributed by atoms with van der Waals surface area (Å²) in [6, 6.07) is 9.73. The molecule has 1 N–H and O–H groups in total. The van der Waals surface area contributed by atoms with E-state index in [1.807, 2.05) is 51.1 Å². The summed E-state index contributed by atoms with van der Waals surface area (Å²) in [5.41, 5.74) is 2.95. The zero-order chi connectivity index (χ0) is 20.4. The fourth-order valence-corrected chi connectivity index (χ4v) is 3.67. The van der Waals surface area contributed by atoms with Crippen molar-refractivity contribution in [3.8, 4) is 5.82 Å². The Bertz CT molecular complexity index is 1000. The van der Waals surface area contributed by atoms with Crippen molar-refractivity contribution in [3.63, 3.8) is 0 Å². The first kappa shape index (κ1) is 19.0. The molecule has 1 saturated heterocycles. The summed E-state index contributed by atoms with van der Waals surface area (Å²) in [6.45, 7) is 7.44. The van der Waals surface area contributed by atoms with Crippen LogP contribution in [0.15, 0.2) is 36.5 Å². The monoisotopic (exact) mass is 391 g/mol. The maximum absolute atomic E-state index is 12.6. The van der Waals surface area contributed by atoms with Crippen LogP contribution in [0.1, 0.15) is 29.8 Å². The zero-order valence-corrected chi connectivity index (χ0v) is 17.0. The first-order valence-corrected chi connectivity index (χ1v) is 9.86. The fourth-order valence-electron chi connectivity index (χ4n) is 3.67. The van der Waals surface area contributed by atoms with Gasteiger partial charge in [-0.1, -0.05) is 6.07 Å². The third-order valence-electron chi connectivity index (χ3n) is 5.30. The number of aromatic nitrogens is 5. The summed E-state index contributed by atoms with van der Waals surface area (Å²) in [6.07, 6.45) is 3.25. The minimum Gasteiger partial charge on any atom is -0.355 e. The molecule has 0 spiro atoms. The minimum absolute atomic E-state index is 0.0189. The predicted octanol–water partition coefficient (Wildman–Crippen LogP) is 2.84. The van der Waals surface area contributed by atoms with Crippen LogP contribution in [0.5, 0.6) is 0 Å². The number of piperidine rings is 1. The Balaban J connectivity index is 1.36. The number of carbonyl (C=O) groups is 1. The van der Waals surface area contributed by atoms with Gasteiger partial charge in [0, 0.05) is 30.9 Å². The molecule has 3 aromatic rings. The Labute approximate surface area is 170 Å². The summed E-state index contributed by atoms with van der Waals surface area (Å²) in [5, 5.41) is 16.1. The normalized spacial score (nSPS) is 14.8. The number of anilines is 2. The average molecular weight is 391 g/mol. The Kier molecular flexibility index (Phi) is 5.24. The van der Waals surface area contributed by atoms with Crippen molar-refractivity contribution >= 4 is 17.5 Å². The molecule has 8 nitrogen and oxygen atoms in total. The van der Waals surface area contributed by atoms with Crippen molar-refractivity contribution in [2.24, 2.45) is 5.92 Å². The summed E-state index contributed by atoms with van der Waals surface area (Å²) in [4.78, 5) is 19.0. The highest BCUT2D eigenvalue weighted by Gasteiger charge is 2.26. The van der Waals surface area contributed by atoms with Crippen molar-refractivity contribution in [1.29, 1.82) is 0 Å². The number of pyridine rings is 1. The second-order valence-electron chi connectivity index (χ2n) is 7.51. The van der Waals surface area contributed by atoms with Gasteiger partial charge in [-0.2, -0.15) is 5.10 Å². The van der Waals surface area contributed by atoms with Crippen LogP contribution in [0.3, 0.4) is 0 Å². The number of nitrogens with zero attached hydrogens (tertiary/aromatic N) is 6. The Morgan fingerprint density at radius 1 is 1.07 bits per heavy atom. The van der Waals surface area contributed by atoms with E-state index in [9.17, 15) is 4.79 Å². The Hall–Kier alpha value is -3.29. The van der Waals surface area contributed by atoms with E-state index in [0.29, 0.717) is 11.6 Å². The van der Waals surface area contributed by atoms with Gasteiger partial charge in [-0.25, -0.2) is 9.67 Å². The van der Waals surface area contributed by atoms with Gasteiger partial charge in [-0.05, 0) is 63.4 Å². The smallest absolute Gasteiger partial charge is 0.228 e. The molecule has 0 bridgehead atoms. The molecule has 1 amide bonds. The zero-order valence-electron chi connectivity index (χ0n) is 17.0. The third-order valence-corrected chi connectivity index (χ3v) is 5.30. The molecule has 29 heavy (non-hydrogen) atoms. The van der Waals surface area contributed by atoms with Crippen LogP contribution < -0.4 is 10.2 Å². The van der Waals surface area contributed by atoms with Gasteiger partial charge in [0.2, 0.25) is 5.91 Å². The minimum atomic E-state index is -0.0189. The molecule has 1 aliphatic rings. The number of rotatable bonds is 4. The van der Waals surface area contributed by atoms with Crippen LogP contribution >= 0.6 is 0 Å². The lowest BCUT2D eigenvalue weighted by molar-refractivity contribution is -0.120. The predicted molar refractivity (Wildman–Crippen MR) is 111 cm³/mol. The molecule has 0 aromatic carbocycles. The van der Waals surface area contributed by atoms with Crippen molar-refractivity contribution < 1.29 is 4.79 Å². The number of hydrogen-bond acceptors (Lipinski definition) is 6. The molecule has 8 heteroatoms. The molecule has 0 aliphatic carbocycles. The van der Waals surface area contributed by atoms with E-state index in [4.69, 9.17) is 0 Å². The van der Waals surface area contributed by atoms with Gasteiger partial charge >= 0.3 is 0 Å². The summed E-state index contributed by atoms with van der Waals surface area (Å²) in [5.74, 6) is 2.20. The molecule has 4 heterocycles. The summed E-state index contributed by atoms with van der Waals surface area (Å²) >= 11 is 0. The average Bonchev–Trinajstić information content (AvgIpc) is 3.08. The van der Waals surface area contributed by atoms with E-state index in [0.717, 1.165) is 48.7 Å². The van der Waals surface area contributed by atoms with Crippen LogP contribution in [0.2, 0.25) is 0 Å². The van der Waals surface area contributed by atoms with E-state index in [2.05, 4.69) is 30.5 Å². The van der Waals surface area contributed by atoms with E-state index >= 15 is 0 Å². The number of amides is 1. The van der Waals surface area contributed by atoms with Crippen molar-refractivity contribution in [3.05, 3.63) is 53.5 Å². The standard InChI is InChI=1S/C21H25N7O/c1-14-5-4-10-22-20(14)23-21(29)17-8-11-27(12-9-17)18-6-7-19(25-24-18)28-16(3)13-15(2)26-28/h4-7,10,13,17H,8-9,11-12H2,1-3H3,(H,22,23,29). The molecule has 1 aliphatic heterocycles. The van der Waals surface area contributed by atoms with Crippen molar-refractivity contribution in [2.75, 3.05) is 23.3 Å². The van der Waals surface area contributed by atoms with Crippen molar-refractivity contribution in [2.45, 2.75) is 33.6 Å². The van der Waals surface area contributed by atoms with Crippen LogP contribution in [0.25, 0.3) is 5.82 Å². The molecular weight excluding hydrogens is 366 g/mol. The van der Waals surface area contributed by atoms with Gasteiger partial charge in [0.1, 0.15) is 5.82 Å². The van der Waals surface area contributed by atoms with Gasteiger partial charge in [0.15, 0.2) is 11.6 Å². The highest BCUT2D eigenvalue weighted by Crippen LogP contribution is 2.23. The van der Waals surface area contributed by atoms with E-state index < -0.39 is 0 Å². The van der Waals surface area contributed by atoms with Crippen LogP contribution in [-0.4, -0.2) is 44.0 Å². The Morgan fingerprint density at radius 3 is 2.41 bits per heavy atom. The van der Waals surface area contributed by atoms with Gasteiger partial charge in [-0.15, -0.1) is 10.2 Å². The second kappa shape index (κ2) is 7.98. The number of hydrogen-bond donors (Lipinski definition) is 1. The molecule has 0 radical (unpaired) electrons. The van der Waals surface area contributed by atoms with Gasteiger partial charge < -0.3 is 10.2 Å². The number of aryl methyl sites for hydroxylation is 3. The van der Waals surface area contributed by atoms with Crippen LogP contribution in [0, 0.1) is 26.7 Å². The lowest BCUT2D eigenvalue weighted by Crippen LogP contribution is -2.38. The summed E-state index contributed by atoms with van der Waals surface area (Å²) < 4.78 is 1.79. The quantitative estimate of drug-likeness (QED) is 0.736. The van der Waals surface area contributed by atoms with Gasteiger partial charge in [-0.3, -0.25) is 4.79 Å². The molecule has 0 unspecified atom stereocenters. The maximum Gasteiger partial charge on any atom is 0.228 e. The largest absolute Gasteiger partial charge is 0.355 e. The SMILES string of the molecule is Cc1cc(C)n(-c2ccc(N3CCC(C(=O)Nc4ncccc4C)CC3)nn2)n1. The molecular formula is C21H25N7O.